The second-order valence-corrected chi connectivity index (χ2v) is 5.74. The van der Waals surface area contributed by atoms with Gasteiger partial charge < -0.3 is 10.4 Å². The number of nitrogens with one attached hydrogen (secondary N) is 1. The number of aryl methyl sites for hydroxylation is 1. The number of hydrogen-bond donors (Lipinski definition) is 2. The molecule has 5 heteroatoms. The molecule has 0 bridgehead atoms. The topological polar surface area (TPSA) is 52.6 Å². The van der Waals surface area contributed by atoms with Crippen molar-refractivity contribution in [3.63, 3.8) is 0 Å². The molecule has 0 spiro atoms. The van der Waals surface area contributed by atoms with Gasteiger partial charge in [0.2, 0.25) is 0 Å². The van der Waals surface area contributed by atoms with E-state index >= 15 is 0 Å². The van der Waals surface area contributed by atoms with Crippen LogP contribution >= 0.6 is 0 Å². The van der Waals surface area contributed by atoms with E-state index in [1.54, 1.807) is 13.0 Å². The van der Waals surface area contributed by atoms with Crippen molar-refractivity contribution in [3.8, 4) is 0 Å². The number of carboxylic acids is 1. The number of carboxylic acid groups (broad SMARTS) is 1. The van der Waals surface area contributed by atoms with Crippen molar-refractivity contribution in [1.29, 1.82) is 0 Å². The zero-order valence-corrected chi connectivity index (χ0v) is 12.6. The Labute approximate surface area is 125 Å². The first-order chi connectivity index (χ1) is 9.99. The molecule has 0 radical (unpaired) electrons. The Bertz CT molecular complexity index is 501. The summed E-state index contributed by atoms with van der Waals surface area (Å²) in [6.07, 6.45) is 1.95. The van der Waals surface area contributed by atoms with Crippen molar-refractivity contribution in [3.05, 3.63) is 35.1 Å². The largest absolute Gasteiger partial charge is 0.480 e. The lowest BCUT2D eigenvalue weighted by molar-refractivity contribution is -0.139. The highest BCUT2D eigenvalue weighted by molar-refractivity contribution is 5.69. The van der Waals surface area contributed by atoms with Crippen LogP contribution in [0.4, 0.5) is 4.39 Å². The highest BCUT2D eigenvalue weighted by Crippen LogP contribution is 2.26. The Balaban J connectivity index is 1.75. The molecule has 1 aliphatic rings. The molecular formula is C16H23FN2O2. The predicted molar refractivity (Wildman–Crippen MR) is 79.7 cm³/mol. The smallest absolute Gasteiger partial charge is 0.317 e. The molecule has 0 aliphatic heterocycles. The molecule has 0 aromatic heterocycles. The van der Waals surface area contributed by atoms with Gasteiger partial charge in [-0.05, 0) is 43.5 Å². The Hall–Kier alpha value is -1.46. The van der Waals surface area contributed by atoms with Crippen LogP contribution in [0.3, 0.4) is 0 Å². The average molecular weight is 294 g/mol. The molecule has 1 saturated carbocycles. The quantitative estimate of drug-likeness (QED) is 0.809. The molecule has 2 N–H and O–H groups in total. The van der Waals surface area contributed by atoms with Crippen molar-refractivity contribution in [2.24, 2.45) is 0 Å². The van der Waals surface area contributed by atoms with Crippen LogP contribution in [0, 0.1) is 12.7 Å². The second kappa shape index (κ2) is 7.00. The molecule has 4 nitrogen and oxygen atoms in total. The molecule has 0 heterocycles. The van der Waals surface area contributed by atoms with Crippen LogP contribution in [0.2, 0.25) is 0 Å². The maximum absolute atomic E-state index is 13.2. The number of likely N-dealkylation sites (N-methyl/N-ethyl adjacent to an activating group) is 1. The fourth-order valence-corrected chi connectivity index (χ4v) is 2.80. The maximum atomic E-state index is 13.2. The van der Waals surface area contributed by atoms with Gasteiger partial charge in [-0.25, -0.2) is 4.39 Å². The molecule has 1 aliphatic carbocycles. The first-order valence-corrected chi connectivity index (χ1v) is 7.43. The van der Waals surface area contributed by atoms with Gasteiger partial charge in [0, 0.05) is 18.6 Å². The van der Waals surface area contributed by atoms with Gasteiger partial charge >= 0.3 is 5.97 Å². The van der Waals surface area contributed by atoms with Crippen LogP contribution in [0.15, 0.2) is 18.2 Å². The van der Waals surface area contributed by atoms with Gasteiger partial charge in [-0.3, -0.25) is 9.69 Å². The lowest BCUT2D eigenvalue weighted by atomic mass is 9.85. The molecule has 0 saturated heterocycles. The third kappa shape index (κ3) is 4.25. The van der Waals surface area contributed by atoms with Crippen molar-refractivity contribution < 1.29 is 14.3 Å². The molecule has 0 unspecified atom stereocenters. The summed E-state index contributed by atoms with van der Waals surface area (Å²) in [6, 6.07) is 5.94. The number of carbonyl (C=O) groups is 1. The fourth-order valence-electron chi connectivity index (χ4n) is 2.80. The highest BCUT2D eigenvalue weighted by atomic mass is 19.1. The molecule has 116 valence electrons. The van der Waals surface area contributed by atoms with Crippen LogP contribution < -0.4 is 5.32 Å². The average Bonchev–Trinajstić information content (AvgIpc) is 2.39. The zero-order chi connectivity index (χ0) is 15.4. The lowest BCUT2D eigenvalue weighted by Crippen LogP contribution is -2.53. The van der Waals surface area contributed by atoms with Crippen LogP contribution in [0.1, 0.15) is 30.9 Å². The highest BCUT2D eigenvalue weighted by Gasteiger charge is 2.33. The van der Waals surface area contributed by atoms with Gasteiger partial charge in [-0.1, -0.05) is 19.1 Å². The summed E-state index contributed by atoms with van der Waals surface area (Å²) in [5, 5.41) is 12.3. The van der Waals surface area contributed by atoms with Gasteiger partial charge in [-0.15, -0.1) is 0 Å². The first-order valence-electron chi connectivity index (χ1n) is 7.43. The summed E-state index contributed by atoms with van der Waals surface area (Å²) in [4.78, 5) is 12.8. The number of rotatable bonds is 7. The van der Waals surface area contributed by atoms with Gasteiger partial charge in [0.15, 0.2) is 0 Å². The summed E-state index contributed by atoms with van der Waals surface area (Å²) >= 11 is 0. The summed E-state index contributed by atoms with van der Waals surface area (Å²) in [7, 11) is 0. The van der Waals surface area contributed by atoms with E-state index in [0.717, 1.165) is 31.5 Å². The molecule has 21 heavy (non-hydrogen) atoms. The van der Waals surface area contributed by atoms with Gasteiger partial charge in [0.1, 0.15) is 5.82 Å². The maximum Gasteiger partial charge on any atom is 0.317 e. The van der Waals surface area contributed by atoms with Crippen LogP contribution in [0.5, 0.6) is 0 Å². The first kappa shape index (κ1) is 15.9. The van der Waals surface area contributed by atoms with Crippen molar-refractivity contribution in [2.75, 3.05) is 13.1 Å². The minimum absolute atomic E-state index is 0.116. The van der Waals surface area contributed by atoms with Gasteiger partial charge in [0.05, 0.1) is 6.54 Å². The Morgan fingerprint density at radius 3 is 2.76 bits per heavy atom. The van der Waals surface area contributed by atoms with Gasteiger partial charge in [0.25, 0.3) is 0 Å². The third-order valence-electron chi connectivity index (χ3n) is 4.19. The summed E-state index contributed by atoms with van der Waals surface area (Å²) in [5.74, 6) is -0.940. The van der Waals surface area contributed by atoms with E-state index < -0.39 is 5.97 Å². The number of nitrogens with zero attached hydrogens (tertiary/aromatic N) is 1. The Morgan fingerprint density at radius 2 is 2.19 bits per heavy atom. The number of hydrogen-bond acceptors (Lipinski definition) is 3. The number of halogens is 1. The van der Waals surface area contributed by atoms with Crippen molar-refractivity contribution >= 4 is 5.97 Å². The minimum Gasteiger partial charge on any atom is -0.480 e. The zero-order valence-electron chi connectivity index (χ0n) is 12.6. The minimum atomic E-state index is -0.768. The fraction of sp³-hybridized carbons (Fsp3) is 0.562. The van der Waals surface area contributed by atoms with E-state index in [0.29, 0.717) is 17.6 Å². The van der Waals surface area contributed by atoms with Crippen LogP contribution in [-0.2, 0) is 11.3 Å². The summed E-state index contributed by atoms with van der Waals surface area (Å²) < 4.78 is 13.2. The van der Waals surface area contributed by atoms with E-state index in [2.05, 4.69) is 5.32 Å². The lowest BCUT2D eigenvalue weighted by Gasteiger charge is -2.42. The second-order valence-electron chi connectivity index (χ2n) is 5.74. The van der Waals surface area contributed by atoms with E-state index in [1.807, 2.05) is 17.9 Å². The molecule has 1 aromatic carbocycles. The van der Waals surface area contributed by atoms with Crippen molar-refractivity contribution in [1.82, 2.24) is 10.2 Å². The van der Waals surface area contributed by atoms with Gasteiger partial charge in [-0.2, -0.15) is 0 Å². The third-order valence-corrected chi connectivity index (χ3v) is 4.19. The molecular weight excluding hydrogens is 271 g/mol. The standard InChI is InChI=1S/C16H23FN2O2/c1-3-19(10-16(20)21)14-7-13(8-14)18-9-12-4-5-15(17)11(2)6-12/h4-6,13-14,18H,3,7-10H2,1-2H3,(H,20,21). The normalized spacial score (nSPS) is 21.3. The van der Waals surface area contributed by atoms with E-state index in [9.17, 15) is 9.18 Å². The van der Waals surface area contributed by atoms with Crippen LogP contribution in [0.25, 0.3) is 0 Å². The Morgan fingerprint density at radius 1 is 1.48 bits per heavy atom. The van der Waals surface area contributed by atoms with E-state index in [1.165, 1.54) is 6.07 Å². The molecule has 1 fully saturated rings. The predicted octanol–water partition coefficient (Wildman–Crippen LogP) is 2.16. The number of aliphatic carboxylic acids is 1. The SMILES string of the molecule is CCN(CC(=O)O)C1CC(NCc2ccc(F)c(C)c2)C1. The van der Waals surface area contributed by atoms with E-state index in [4.69, 9.17) is 5.11 Å². The van der Waals surface area contributed by atoms with Crippen LogP contribution in [-0.4, -0.2) is 41.1 Å². The molecule has 2 rings (SSSR count). The summed E-state index contributed by atoms with van der Waals surface area (Å²) in [5.41, 5.74) is 1.75. The van der Waals surface area contributed by atoms with Crippen molar-refractivity contribution in [2.45, 2.75) is 45.3 Å². The summed E-state index contributed by atoms with van der Waals surface area (Å²) in [6.45, 7) is 5.36. The Kier molecular flexibility index (Phi) is 5.31. The molecule has 0 atom stereocenters. The monoisotopic (exact) mass is 294 g/mol. The number of benzene rings is 1. The van der Waals surface area contributed by atoms with E-state index in [-0.39, 0.29) is 12.4 Å². The molecule has 1 aromatic rings. The molecule has 0 amide bonds.